The van der Waals surface area contributed by atoms with Gasteiger partial charge in [0, 0.05) is 18.7 Å². The number of benzene rings is 1. The Kier molecular flexibility index (Phi) is 1.75. The van der Waals surface area contributed by atoms with Crippen molar-refractivity contribution in [3.63, 3.8) is 0 Å². The van der Waals surface area contributed by atoms with Gasteiger partial charge in [0.1, 0.15) is 6.17 Å². The molecule has 0 radical (unpaired) electrons. The molecule has 64 valence electrons. The highest BCUT2D eigenvalue weighted by Crippen LogP contribution is 2.23. The summed E-state index contributed by atoms with van der Waals surface area (Å²) >= 11 is 0. The summed E-state index contributed by atoms with van der Waals surface area (Å²) in [5.41, 5.74) is 3.42. The summed E-state index contributed by atoms with van der Waals surface area (Å²) in [5.74, 6) is 0. The molecule has 1 N–H and O–H groups in total. The molecule has 1 unspecified atom stereocenters. The van der Waals surface area contributed by atoms with Crippen LogP contribution in [-0.2, 0) is 6.42 Å². The van der Waals surface area contributed by atoms with Crippen LogP contribution in [0.4, 0.5) is 10.1 Å². The molecule has 0 amide bonds. The smallest absolute Gasteiger partial charge is 0.121 e. The lowest BCUT2D eigenvalue weighted by Gasteiger charge is -2.21. The molecule has 0 spiro atoms. The molecule has 2 heteroatoms. The zero-order valence-electron chi connectivity index (χ0n) is 7.10. The topological polar surface area (TPSA) is 12.0 Å². The lowest BCUT2D eigenvalue weighted by molar-refractivity contribution is 0.342. The number of halogens is 1. The maximum absolute atomic E-state index is 12.9. The van der Waals surface area contributed by atoms with Gasteiger partial charge in [-0.25, -0.2) is 4.39 Å². The van der Waals surface area contributed by atoms with Gasteiger partial charge in [-0.05, 0) is 24.1 Å². The van der Waals surface area contributed by atoms with E-state index in [1.54, 1.807) is 0 Å². The van der Waals surface area contributed by atoms with Gasteiger partial charge in [0.15, 0.2) is 0 Å². The van der Waals surface area contributed by atoms with Gasteiger partial charge in [-0.2, -0.15) is 0 Å². The van der Waals surface area contributed by atoms with Crippen molar-refractivity contribution in [3.8, 4) is 0 Å². The van der Waals surface area contributed by atoms with E-state index in [0.29, 0.717) is 13.0 Å². The van der Waals surface area contributed by atoms with Gasteiger partial charge < -0.3 is 5.32 Å². The average molecular weight is 165 g/mol. The predicted octanol–water partition coefficient (Wildman–Crippen LogP) is 2.30. The van der Waals surface area contributed by atoms with Gasteiger partial charge in [0.25, 0.3) is 0 Å². The first-order valence-electron chi connectivity index (χ1n) is 4.23. The highest BCUT2D eigenvalue weighted by atomic mass is 19.1. The lowest BCUT2D eigenvalue weighted by Crippen LogP contribution is -2.23. The first-order chi connectivity index (χ1) is 5.75. The van der Waals surface area contributed by atoms with Gasteiger partial charge in [-0.3, -0.25) is 0 Å². The van der Waals surface area contributed by atoms with E-state index in [9.17, 15) is 4.39 Å². The number of fused-ring (bicyclic) bond motifs is 1. The largest absolute Gasteiger partial charge is 0.382 e. The second-order valence-corrected chi connectivity index (χ2v) is 3.34. The van der Waals surface area contributed by atoms with Crippen molar-refractivity contribution in [3.05, 3.63) is 29.3 Å². The normalized spacial score (nSPS) is 21.3. The molecule has 0 bridgehead atoms. The quantitative estimate of drug-likeness (QED) is 0.622. The third kappa shape index (κ3) is 1.29. The van der Waals surface area contributed by atoms with E-state index in [2.05, 4.69) is 11.4 Å². The Morgan fingerprint density at radius 2 is 2.33 bits per heavy atom. The van der Waals surface area contributed by atoms with Gasteiger partial charge in [-0.1, -0.05) is 12.1 Å². The van der Waals surface area contributed by atoms with E-state index in [-0.39, 0.29) is 0 Å². The molecule has 1 aromatic rings. The van der Waals surface area contributed by atoms with Gasteiger partial charge in [0.2, 0.25) is 0 Å². The second-order valence-electron chi connectivity index (χ2n) is 3.34. The van der Waals surface area contributed by atoms with E-state index < -0.39 is 6.17 Å². The molecule has 1 nitrogen and oxygen atoms in total. The van der Waals surface area contributed by atoms with E-state index in [4.69, 9.17) is 0 Å². The minimum absolute atomic E-state index is 0.455. The minimum atomic E-state index is -0.722. The Bertz CT molecular complexity index is 296. The Balaban J connectivity index is 2.37. The molecule has 0 saturated heterocycles. The monoisotopic (exact) mass is 165 g/mol. The zero-order valence-corrected chi connectivity index (χ0v) is 7.10. The minimum Gasteiger partial charge on any atom is -0.382 e. The summed E-state index contributed by atoms with van der Waals surface area (Å²) in [7, 11) is 0. The molecule has 0 aliphatic carbocycles. The van der Waals surface area contributed by atoms with Crippen LogP contribution >= 0.6 is 0 Å². The molecule has 1 heterocycles. The fourth-order valence-electron chi connectivity index (χ4n) is 1.56. The van der Waals surface area contributed by atoms with Crippen LogP contribution in [0.15, 0.2) is 18.2 Å². The summed E-state index contributed by atoms with van der Waals surface area (Å²) in [6.45, 7) is 2.50. The molecule has 0 saturated carbocycles. The van der Waals surface area contributed by atoms with Crippen molar-refractivity contribution in [2.45, 2.75) is 19.5 Å². The Morgan fingerprint density at radius 1 is 1.50 bits per heavy atom. The van der Waals surface area contributed by atoms with Crippen LogP contribution in [0, 0.1) is 6.92 Å². The van der Waals surface area contributed by atoms with Gasteiger partial charge in [0.05, 0.1) is 0 Å². The van der Waals surface area contributed by atoms with Crippen molar-refractivity contribution < 1.29 is 4.39 Å². The Labute approximate surface area is 71.6 Å². The number of rotatable bonds is 0. The van der Waals surface area contributed by atoms with Crippen molar-refractivity contribution >= 4 is 5.69 Å². The highest BCUT2D eigenvalue weighted by molar-refractivity contribution is 5.55. The Morgan fingerprint density at radius 3 is 3.17 bits per heavy atom. The molecule has 1 aliphatic rings. The number of hydrogen-bond donors (Lipinski definition) is 1. The van der Waals surface area contributed by atoms with Crippen LogP contribution in [0.3, 0.4) is 0 Å². The van der Waals surface area contributed by atoms with Crippen molar-refractivity contribution in [2.75, 3.05) is 11.9 Å². The van der Waals surface area contributed by atoms with Crippen LogP contribution in [0.1, 0.15) is 11.1 Å². The SMILES string of the molecule is Cc1ccc2c(c1)NCC(F)C2. The van der Waals surface area contributed by atoms with Crippen molar-refractivity contribution in [1.82, 2.24) is 0 Å². The van der Waals surface area contributed by atoms with Crippen molar-refractivity contribution in [1.29, 1.82) is 0 Å². The van der Waals surface area contributed by atoms with Crippen LogP contribution in [0.2, 0.25) is 0 Å². The molecule has 1 aromatic carbocycles. The molecule has 0 fully saturated rings. The fourth-order valence-corrected chi connectivity index (χ4v) is 1.56. The molecule has 12 heavy (non-hydrogen) atoms. The van der Waals surface area contributed by atoms with Crippen LogP contribution in [0.5, 0.6) is 0 Å². The molecular formula is C10H12FN. The maximum atomic E-state index is 12.9. The summed E-state index contributed by atoms with van der Waals surface area (Å²) in [6.07, 6.45) is -0.164. The first kappa shape index (κ1) is 7.59. The van der Waals surface area contributed by atoms with E-state index in [0.717, 1.165) is 11.3 Å². The van der Waals surface area contributed by atoms with Crippen LogP contribution in [-0.4, -0.2) is 12.7 Å². The third-order valence-electron chi connectivity index (χ3n) is 2.22. The van der Waals surface area contributed by atoms with E-state index >= 15 is 0 Å². The van der Waals surface area contributed by atoms with Gasteiger partial charge in [-0.15, -0.1) is 0 Å². The zero-order chi connectivity index (χ0) is 8.55. The predicted molar refractivity (Wildman–Crippen MR) is 48.3 cm³/mol. The molecular weight excluding hydrogens is 153 g/mol. The summed E-state index contributed by atoms with van der Waals surface area (Å²) in [6, 6.07) is 6.10. The van der Waals surface area contributed by atoms with Crippen molar-refractivity contribution in [2.24, 2.45) is 0 Å². The third-order valence-corrected chi connectivity index (χ3v) is 2.22. The van der Waals surface area contributed by atoms with Crippen LogP contribution in [0.25, 0.3) is 0 Å². The van der Waals surface area contributed by atoms with E-state index in [1.807, 2.05) is 19.1 Å². The number of alkyl halides is 1. The molecule has 0 aromatic heterocycles. The summed E-state index contributed by atoms with van der Waals surface area (Å²) < 4.78 is 12.9. The van der Waals surface area contributed by atoms with Crippen LogP contribution < -0.4 is 5.32 Å². The summed E-state index contributed by atoms with van der Waals surface area (Å²) in [5, 5.41) is 3.08. The number of nitrogens with one attached hydrogen (secondary N) is 1. The maximum Gasteiger partial charge on any atom is 0.121 e. The standard InChI is InChI=1S/C10H12FN/c1-7-2-3-8-5-9(11)6-12-10(8)4-7/h2-4,9,12H,5-6H2,1H3. The molecule has 1 aliphatic heterocycles. The average Bonchev–Trinajstić information content (AvgIpc) is 2.05. The number of aryl methyl sites for hydroxylation is 1. The number of hydrogen-bond acceptors (Lipinski definition) is 1. The summed E-state index contributed by atoms with van der Waals surface area (Å²) in [4.78, 5) is 0. The highest BCUT2D eigenvalue weighted by Gasteiger charge is 2.16. The fraction of sp³-hybridized carbons (Fsp3) is 0.400. The molecule has 2 rings (SSSR count). The Hall–Kier alpha value is -1.05. The van der Waals surface area contributed by atoms with Gasteiger partial charge >= 0.3 is 0 Å². The number of anilines is 1. The second kappa shape index (κ2) is 2.77. The molecule has 1 atom stereocenters. The first-order valence-corrected chi connectivity index (χ1v) is 4.23. The lowest BCUT2D eigenvalue weighted by atomic mass is 10.0. The van der Waals surface area contributed by atoms with E-state index in [1.165, 1.54) is 5.56 Å².